The van der Waals surface area contributed by atoms with E-state index in [1.807, 2.05) is 11.3 Å². The van der Waals surface area contributed by atoms with Crippen molar-refractivity contribution in [3.63, 3.8) is 0 Å². The lowest BCUT2D eigenvalue weighted by Crippen LogP contribution is -2.37. The van der Waals surface area contributed by atoms with Crippen LogP contribution in [0.3, 0.4) is 0 Å². The number of halogens is 1. The fourth-order valence-electron chi connectivity index (χ4n) is 3.71. The van der Waals surface area contributed by atoms with Gasteiger partial charge in [0.05, 0.1) is 7.11 Å². The maximum Gasteiger partial charge on any atom is 0.119 e. The maximum absolute atomic E-state index is 5.39. The third-order valence-corrected chi connectivity index (χ3v) is 6.22. The van der Waals surface area contributed by atoms with Crippen LogP contribution in [0.2, 0.25) is 0 Å². The van der Waals surface area contributed by atoms with Crippen molar-refractivity contribution in [2.24, 2.45) is 0 Å². The average Bonchev–Trinajstić information content (AvgIpc) is 3.11. The van der Waals surface area contributed by atoms with E-state index in [-0.39, 0.29) is 12.4 Å². The number of methoxy groups -OCH3 is 1. The maximum atomic E-state index is 5.39. The molecule has 0 aliphatic heterocycles. The van der Waals surface area contributed by atoms with E-state index in [0.29, 0.717) is 12.0 Å². The first-order valence-corrected chi connectivity index (χ1v) is 9.46. The van der Waals surface area contributed by atoms with Gasteiger partial charge in [-0.3, -0.25) is 0 Å². The minimum Gasteiger partial charge on any atom is -0.497 e. The second-order valence-corrected chi connectivity index (χ2v) is 7.65. The van der Waals surface area contributed by atoms with Gasteiger partial charge in [-0.1, -0.05) is 12.1 Å². The lowest BCUT2D eigenvalue weighted by molar-refractivity contribution is 0.217. The summed E-state index contributed by atoms with van der Waals surface area (Å²) in [4.78, 5) is 4.02. The summed E-state index contributed by atoms with van der Waals surface area (Å²) >= 11 is 1.86. The summed E-state index contributed by atoms with van der Waals surface area (Å²) in [6.07, 6.45) is 4.92. The molecule has 0 bridgehead atoms. The van der Waals surface area contributed by atoms with Gasteiger partial charge in [-0.25, -0.2) is 0 Å². The molecule has 0 spiro atoms. The number of likely N-dealkylation sites (N-methyl/N-ethyl adjacent to an activating group) is 1. The van der Waals surface area contributed by atoms with Crippen molar-refractivity contribution < 1.29 is 4.74 Å². The molecule has 0 saturated carbocycles. The number of benzene rings is 1. The van der Waals surface area contributed by atoms with Crippen LogP contribution in [0, 0.1) is 0 Å². The Morgan fingerprint density at radius 2 is 2.17 bits per heavy atom. The van der Waals surface area contributed by atoms with Gasteiger partial charge >= 0.3 is 0 Å². The van der Waals surface area contributed by atoms with Crippen LogP contribution >= 0.6 is 23.7 Å². The molecule has 2 aromatic rings. The molecule has 1 aliphatic rings. The van der Waals surface area contributed by atoms with E-state index in [4.69, 9.17) is 4.74 Å². The Balaban J connectivity index is 0.00000208. The van der Waals surface area contributed by atoms with Gasteiger partial charge in [-0.05, 0) is 80.3 Å². The molecule has 2 atom stereocenters. The average molecular weight is 366 g/mol. The van der Waals surface area contributed by atoms with Crippen LogP contribution < -0.4 is 4.74 Å². The predicted molar refractivity (Wildman–Crippen MR) is 106 cm³/mol. The van der Waals surface area contributed by atoms with Crippen LogP contribution in [0.1, 0.15) is 41.7 Å². The molecule has 1 aromatic carbocycles. The Morgan fingerprint density at radius 1 is 1.33 bits per heavy atom. The number of ether oxygens (including phenoxy) is 1. The number of hydrogen-bond donors (Lipinski definition) is 0. The zero-order chi connectivity index (χ0) is 16.2. The molecular weight excluding hydrogens is 338 g/mol. The zero-order valence-corrected chi connectivity index (χ0v) is 16.5. The summed E-state index contributed by atoms with van der Waals surface area (Å²) < 4.78 is 5.39. The van der Waals surface area contributed by atoms with Crippen molar-refractivity contribution in [1.82, 2.24) is 4.90 Å². The molecule has 132 valence electrons. The molecule has 24 heavy (non-hydrogen) atoms. The fraction of sp³-hybridized carbons (Fsp3) is 0.500. The highest BCUT2D eigenvalue weighted by molar-refractivity contribution is 7.09. The van der Waals surface area contributed by atoms with Crippen molar-refractivity contribution in [3.05, 3.63) is 51.7 Å². The molecule has 0 amide bonds. The van der Waals surface area contributed by atoms with Gasteiger partial charge in [0, 0.05) is 17.5 Å². The topological polar surface area (TPSA) is 12.5 Å². The third kappa shape index (κ3) is 4.33. The van der Waals surface area contributed by atoms with Crippen LogP contribution in [0.25, 0.3) is 0 Å². The van der Waals surface area contributed by atoms with Gasteiger partial charge < -0.3 is 9.64 Å². The van der Waals surface area contributed by atoms with Crippen LogP contribution in [-0.4, -0.2) is 31.6 Å². The molecule has 0 saturated heterocycles. The van der Waals surface area contributed by atoms with Crippen molar-refractivity contribution in [2.45, 2.75) is 44.6 Å². The van der Waals surface area contributed by atoms with Crippen LogP contribution in [0.15, 0.2) is 35.7 Å². The summed E-state index contributed by atoms with van der Waals surface area (Å²) in [5, 5.41) is 2.17. The minimum atomic E-state index is 0. The molecule has 4 heteroatoms. The van der Waals surface area contributed by atoms with Crippen molar-refractivity contribution in [2.75, 3.05) is 20.7 Å². The first-order chi connectivity index (χ1) is 11.2. The van der Waals surface area contributed by atoms with E-state index in [2.05, 4.69) is 54.6 Å². The second-order valence-electron chi connectivity index (χ2n) is 6.61. The minimum absolute atomic E-state index is 0. The first-order valence-electron chi connectivity index (χ1n) is 8.58. The molecule has 0 radical (unpaired) electrons. The van der Waals surface area contributed by atoms with Gasteiger partial charge in [-0.2, -0.15) is 0 Å². The van der Waals surface area contributed by atoms with Gasteiger partial charge in [0.2, 0.25) is 0 Å². The van der Waals surface area contributed by atoms with Crippen molar-refractivity contribution in [3.8, 4) is 5.75 Å². The summed E-state index contributed by atoms with van der Waals surface area (Å²) in [5.74, 6) is 1.63. The molecule has 2 nitrogen and oxygen atoms in total. The zero-order valence-electron chi connectivity index (χ0n) is 14.8. The highest BCUT2D eigenvalue weighted by Crippen LogP contribution is 2.37. The SMILES string of the molecule is COc1ccc2c(c1)CCCC2C(C)N(C)CCc1cccs1.Cl. The smallest absolute Gasteiger partial charge is 0.119 e. The van der Waals surface area contributed by atoms with E-state index in [1.54, 1.807) is 7.11 Å². The summed E-state index contributed by atoms with van der Waals surface area (Å²) in [7, 11) is 4.03. The molecule has 2 unspecified atom stereocenters. The van der Waals surface area contributed by atoms with Crippen molar-refractivity contribution in [1.29, 1.82) is 0 Å². The Hall–Kier alpha value is -1.03. The Bertz CT molecular complexity index is 629. The van der Waals surface area contributed by atoms with E-state index < -0.39 is 0 Å². The molecule has 3 rings (SSSR count). The fourth-order valence-corrected chi connectivity index (χ4v) is 4.41. The molecule has 0 N–H and O–H groups in total. The number of fused-ring (bicyclic) bond motifs is 1. The summed E-state index contributed by atoms with van der Waals surface area (Å²) in [6, 6.07) is 11.6. The highest BCUT2D eigenvalue weighted by atomic mass is 35.5. The summed E-state index contributed by atoms with van der Waals surface area (Å²) in [6.45, 7) is 3.52. The van der Waals surface area contributed by atoms with Crippen molar-refractivity contribution >= 4 is 23.7 Å². The monoisotopic (exact) mass is 365 g/mol. The molecule has 1 aromatic heterocycles. The van der Waals surface area contributed by atoms with E-state index in [1.165, 1.54) is 35.3 Å². The molecule has 1 aliphatic carbocycles. The van der Waals surface area contributed by atoms with Gasteiger partial charge in [0.25, 0.3) is 0 Å². The standard InChI is InChI=1S/C20H27NOS.ClH/c1-15(21(2)12-11-18-7-5-13-23-18)19-8-4-6-16-14-17(22-3)9-10-20(16)19;/h5,7,9-10,13-15,19H,4,6,8,11-12H2,1-3H3;1H. The second kappa shape index (κ2) is 8.89. The van der Waals surface area contributed by atoms with Gasteiger partial charge in [0.15, 0.2) is 0 Å². The van der Waals surface area contributed by atoms with Crippen LogP contribution in [0.5, 0.6) is 5.75 Å². The highest BCUT2D eigenvalue weighted by Gasteiger charge is 2.27. The van der Waals surface area contributed by atoms with Crippen LogP contribution in [-0.2, 0) is 12.8 Å². The Morgan fingerprint density at radius 3 is 2.88 bits per heavy atom. The van der Waals surface area contributed by atoms with Gasteiger partial charge in [-0.15, -0.1) is 23.7 Å². The van der Waals surface area contributed by atoms with Gasteiger partial charge in [0.1, 0.15) is 5.75 Å². The largest absolute Gasteiger partial charge is 0.497 e. The Labute approximate surface area is 156 Å². The number of rotatable bonds is 6. The number of nitrogens with zero attached hydrogens (tertiary/aromatic N) is 1. The number of hydrogen-bond acceptors (Lipinski definition) is 3. The molecular formula is C20H28ClNOS. The summed E-state index contributed by atoms with van der Waals surface area (Å²) in [5.41, 5.74) is 3.02. The molecule has 1 heterocycles. The Kier molecular flexibility index (Phi) is 7.15. The number of thiophene rings is 1. The first kappa shape index (κ1) is 19.3. The lowest BCUT2D eigenvalue weighted by atomic mass is 9.78. The predicted octanol–water partition coefficient (Wildman–Crippen LogP) is 5.16. The van der Waals surface area contributed by atoms with E-state index in [9.17, 15) is 0 Å². The third-order valence-electron chi connectivity index (χ3n) is 5.28. The molecule has 0 fully saturated rings. The normalized spacial score (nSPS) is 17.9. The quantitative estimate of drug-likeness (QED) is 0.700. The lowest BCUT2D eigenvalue weighted by Gasteiger charge is -2.36. The van der Waals surface area contributed by atoms with E-state index in [0.717, 1.165) is 18.7 Å². The number of aryl methyl sites for hydroxylation is 1. The van der Waals surface area contributed by atoms with E-state index >= 15 is 0 Å². The van der Waals surface area contributed by atoms with Crippen LogP contribution in [0.4, 0.5) is 0 Å².